The fourth-order valence-electron chi connectivity index (χ4n) is 1.73. The number of aliphatic hydroxyl groups excluding tert-OH is 1. The first kappa shape index (κ1) is 15.1. The number of unbranched alkanes of at least 4 members (excludes halogenated alkanes) is 1. The summed E-state index contributed by atoms with van der Waals surface area (Å²) in [4.78, 5) is 0. The van der Waals surface area contributed by atoms with Crippen LogP contribution in [-0.2, 0) is 16.6 Å². The van der Waals surface area contributed by atoms with Gasteiger partial charge in [0.1, 0.15) is 0 Å². The topological polar surface area (TPSA) is 86.3 Å². The molecule has 2 N–H and O–H groups in total. The quantitative estimate of drug-likeness (QED) is 0.778. The summed E-state index contributed by atoms with van der Waals surface area (Å²) < 4.78 is 26.2. The maximum Gasteiger partial charge on any atom is 0.262 e. The zero-order valence-electron chi connectivity index (χ0n) is 11.1. The highest BCUT2D eigenvalue weighted by atomic mass is 32.2. The van der Waals surface area contributed by atoms with E-state index in [0.29, 0.717) is 24.3 Å². The van der Waals surface area contributed by atoms with Crippen LogP contribution in [0.4, 0.5) is 0 Å². The van der Waals surface area contributed by atoms with Crippen LogP contribution in [0.15, 0.2) is 5.03 Å². The number of nitrogens with one attached hydrogen (secondary N) is 1. The minimum absolute atomic E-state index is 0.0551. The minimum Gasteiger partial charge on any atom is -0.392 e. The maximum atomic E-state index is 12.4. The van der Waals surface area contributed by atoms with Crippen molar-refractivity contribution in [2.45, 2.75) is 45.2 Å². The Hall–Kier alpha value is -0.920. The van der Waals surface area contributed by atoms with Gasteiger partial charge in [-0.15, -0.1) is 0 Å². The molecule has 1 aromatic heterocycles. The summed E-state index contributed by atoms with van der Waals surface area (Å²) in [5.41, 5.74) is 0.938. The van der Waals surface area contributed by atoms with E-state index in [1.165, 1.54) is 4.31 Å². The molecule has 6 nitrogen and oxygen atoms in total. The molecule has 0 amide bonds. The lowest BCUT2D eigenvalue weighted by molar-refractivity contribution is 0.277. The number of aromatic amines is 1. The molecule has 18 heavy (non-hydrogen) atoms. The summed E-state index contributed by atoms with van der Waals surface area (Å²) in [5, 5.41) is 15.6. The summed E-state index contributed by atoms with van der Waals surface area (Å²) in [5.74, 6) is 0. The molecule has 0 fully saturated rings. The van der Waals surface area contributed by atoms with Crippen molar-refractivity contribution in [1.82, 2.24) is 14.5 Å². The molecule has 0 unspecified atom stereocenters. The first-order valence-electron chi connectivity index (χ1n) is 6.13. The molecule has 104 valence electrons. The lowest BCUT2D eigenvalue weighted by Gasteiger charge is -2.19. The second-order valence-corrected chi connectivity index (χ2v) is 5.99. The third kappa shape index (κ3) is 2.90. The Bertz CT molecular complexity index is 482. The van der Waals surface area contributed by atoms with Crippen LogP contribution >= 0.6 is 0 Å². The number of aryl methyl sites for hydroxylation is 1. The Kier molecular flexibility index (Phi) is 5.30. The van der Waals surface area contributed by atoms with Crippen molar-refractivity contribution in [3.63, 3.8) is 0 Å². The minimum atomic E-state index is -3.61. The number of rotatable bonds is 7. The van der Waals surface area contributed by atoms with Gasteiger partial charge in [0.15, 0.2) is 5.03 Å². The fraction of sp³-hybridized carbons (Fsp3) is 0.727. The Morgan fingerprint density at radius 1 is 1.39 bits per heavy atom. The Balaban J connectivity index is 3.10. The van der Waals surface area contributed by atoms with E-state index in [4.69, 9.17) is 0 Å². The van der Waals surface area contributed by atoms with Crippen LogP contribution in [0.5, 0.6) is 0 Å². The molecule has 0 spiro atoms. The standard InChI is InChI=1S/C11H21N3O3S/c1-4-6-7-14(5-2)18(16,17)11-10(8-15)9(3)12-13-11/h15H,4-8H2,1-3H3,(H,12,13). The predicted octanol–water partition coefficient (Wildman–Crippen LogP) is 1.02. The average Bonchev–Trinajstić information content (AvgIpc) is 2.71. The highest BCUT2D eigenvalue weighted by Gasteiger charge is 2.28. The molecule has 1 rings (SSSR count). The summed E-state index contributed by atoms with van der Waals surface area (Å²) >= 11 is 0. The zero-order chi connectivity index (χ0) is 13.8. The van der Waals surface area contributed by atoms with Crippen LogP contribution in [0, 0.1) is 6.92 Å². The Morgan fingerprint density at radius 2 is 2.06 bits per heavy atom. The monoisotopic (exact) mass is 275 g/mol. The van der Waals surface area contributed by atoms with Crippen molar-refractivity contribution in [3.8, 4) is 0 Å². The van der Waals surface area contributed by atoms with E-state index in [0.717, 1.165) is 12.8 Å². The zero-order valence-corrected chi connectivity index (χ0v) is 11.9. The molecule has 0 aromatic carbocycles. The van der Waals surface area contributed by atoms with Gasteiger partial charge in [-0.25, -0.2) is 8.42 Å². The summed E-state index contributed by atoms with van der Waals surface area (Å²) in [6.07, 6.45) is 1.74. The van der Waals surface area contributed by atoms with E-state index in [1.54, 1.807) is 13.8 Å². The van der Waals surface area contributed by atoms with Gasteiger partial charge < -0.3 is 5.11 Å². The molecule has 1 aromatic rings. The highest BCUT2D eigenvalue weighted by molar-refractivity contribution is 7.89. The molecule has 0 aliphatic carbocycles. The van der Waals surface area contributed by atoms with E-state index in [2.05, 4.69) is 10.2 Å². The third-order valence-corrected chi connectivity index (χ3v) is 4.84. The summed E-state index contributed by atoms with van der Waals surface area (Å²) in [6, 6.07) is 0. The van der Waals surface area contributed by atoms with Gasteiger partial charge in [-0.05, 0) is 13.3 Å². The molecule has 0 bridgehead atoms. The molecule has 0 atom stereocenters. The fourth-order valence-corrected chi connectivity index (χ4v) is 3.38. The van der Waals surface area contributed by atoms with Crippen LogP contribution in [0.1, 0.15) is 37.9 Å². The van der Waals surface area contributed by atoms with Crippen molar-refractivity contribution in [3.05, 3.63) is 11.3 Å². The van der Waals surface area contributed by atoms with E-state index >= 15 is 0 Å². The van der Waals surface area contributed by atoms with Crippen LogP contribution in [0.2, 0.25) is 0 Å². The molecule has 0 radical (unpaired) electrons. The van der Waals surface area contributed by atoms with Crippen molar-refractivity contribution in [2.75, 3.05) is 13.1 Å². The van der Waals surface area contributed by atoms with Gasteiger partial charge >= 0.3 is 0 Å². The number of hydrogen-bond acceptors (Lipinski definition) is 4. The van der Waals surface area contributed by atoms with E-state index in [1.807, 2.05) is 6.92 Å². The van der Waals surface area contributed by atoms with Gasteiger partial charge in [0.2, 0.25) is 0 Å². The molecule has 0 aliphatic heterocycles. The summed E-state index contributed by atoms with van der Waals surface area (Å²) in [6.45, 7) is 6.05. The largest absolute Gasteiger partial charge is 0.392 e. The lowest BCUT2D eigenvalue weighted by Crippen LogP contribution is -2.32. The molecule has 0 aliphatic rings. The number of nitrogens with zero attached hydrogens (tertiary/aromatic N) is 2. The highest BCUT2D eigenvalue weighted by Crippen LogP contribution is 2.20. The number of sulfonamides is 1. The summed E-state index contributed by atoms with van der Waals surface area (Å²) in [7, 11) is -3.61. The smallest absolute Gasteiger partial charge is 0.262 e. The number of aromatic nitrogens is 2. The van der Waals surface area contributed by atoms with Crippen LogP contribution < -0.4 is 0 Å². The first-order chi connectivity index (χ1) is 8.48. The SMILES string of the molecule is CCCCN(CC)S(=O)(=O)c1n[nH]c(C)c1CO. The molecular weight excluding hydrogens is 254 g/mol. The van der Waals surface area contributed by atoms with Gasteiger partial charge in [0.25, 0.3) is 10.0 Å². The van der Waals surface area contributed by atoms with Gasteiger partial charge in [-0.1, -0.05) is 20.3 Å². The Morgan fingerprint density at radius 3 is 2.56 bits per heavy atom. The second kappa shape index (κ2) is 6.31. The van der Waals surface area contributed by atoms with Crippen LogP contribution in [-0.4, -0.2) is 41.1 Å². The van der Waals surface area contributed by atoms with E-state index in [-0.39, 0.29) is 11.6 Å². The second-order valence-electron chi connectivity index (χ2n) is 4.14. The predicted molar refractivity (Wildman–Crippen MR) is 68.6 cm³/mol. The average molecular weight is 275 g/mol. The third-order valence-electron chi connectivity index (χ3n) is 2.89. The van der Waals surface area contributed by atoms with Gasteiger partial charge in [0, 0.05) is 24.3 Å². The van der Waals surface area contributed by atoms with Crippen molar-refractivity contribution in [1.29, 1.82) is 0 Å². The normalized spacial score (nSPS) is 12.3. The molecule has 0 saturated carbocycles. The van der Waals surface area contributed by atoms with Crippen molar-refractivity contribution >= 4 is 10.0 Å². The van der Waals surface area contributed by atoms with Crippen molar-refractivity contribution in [2.24, 2.45) is 0 Å². The van der Waals surface area contributed by atoms with E-state index < -0.39 is 10.0 Å². The van der Waals surface area contributed by atoms with Crippen LogP contribution in [0.3, 0.4) is 0 Å². The molecule has 0 saturated heterocycles. The number of aliphatic hydroxyl groups is 1. The van der Waals surface area contributed by atoms with Crippen molar-refractivity contribution < 1.29 is 13.5 Å². The van der Waals surface area contributed by atoms with Crippen LogP contribution in [0.25, 0.3) is 0 Å². The molecule has 1 heterocycles. The van der Waals surface area contributed by atoms with Gasteiger partial charge in [-0.3, -0.25) is 5.10 Å². The molecular formula is C11H21N3O3S. The number of H-pyrrole nitrogens is 1. The first-order valence-corrected chi connectivity index (χ1v) is 7.57. The molecule has 7 heteroatoms. The Labute approximate surface area is 108 Å². The van der Waals surface area contributed by atoms with E-state index in [9.17, 15) is 13.5 Å². The number of hydrogen-bond donors (Lipinski definition) is 2. The van der Waals surface area contributed by atoms with Gasteiger partial charge in [0.05, 0.1) is 6.61 Å². The van der Waals surface area contributed by atoms with Gasteiger partial charge in [-0.2, -0.15) is 9.40 Å². The maximum absolute atomic E-state index is 12.4. The lowest BCUT2D eigenvalue weighted by atomic mass is 10.3.